The Balaban J connectivity index is 0.000000774. The van der Waals surface area contributed by atoms with Crippen LogP contribution in [0.4, 0.5) is 17.6 Å². The van der Waals surface area contributed by atoms with Gasteiger partial charge in [-0.05, 0) is 32.2 Å². The Labute approximate surface area is 127 Å². The van der Waals surface area contributed by atoms with Gasteiger partial charge in [0, 0.05) is 31.7 Å². The maximum Gasteiger partial charge on any atom is 0.226 e. The first-order valence-electron chi connectivity index (χ1n) is 8.05. The first kappa shape index (κ1) is 15.8. The van der Waals surface area contributed by atoms with Gasteiger partial charge in [0.2, 0.25) is 5.95 Å². The smallest absolute Gasteiger partial charge is 0.226 e. The van der Waals surface area contributed by atoms with Crippen LogP contribution < -0.4 is 21.3 Å². The first-order valence-corrected chi connectivity index (χ1v) is 8.05. The zero-order chi connectivity index (χ0) is 15.2. The molecule has 6 nitrogen and oxygen atoms in total. The second-order valence-corrected chi connectivity index (χ2v) is 5.52. The predicted molar refractivity (Wildman–Crippen MR) is 88.7 cm³/mol. The van der Waals surface area contributed by atoms with Crippen LogP contribution >= 0.6 is 0 Å². The zero-order valence-corrected chi connectivity index (χ0v) is 13.4. The minimum Gasteiger partial charge on any atom is -0.383 e. The van der Waals surface area contributed by atoms with E-state index in [2.05, 4.69) is 25.5 Å². The summed E-state index contributed by atoms with van der Waals surface area (Å²) in [5, 5.41) is 6.60. The van der Waals surface area contributed by atoms with Crippen LogP contribution in [0, 0.1) is 5.92 Å². The molecule has 118 valence electrons. The third-order valence-electron chi connectivity index (χ3n) is 3.90. The SMILES string of the molecule is CC.CN[C@@H]1CCN(c2cc(N)nc(NCC3CC3)n2)C1. The number of hydrogen-bond acceptors (Lipinski definition) is 6. The van der Waals surface area contributed by atoms with E-state index in [0.717, 1.165) is 37.8 Å². The van der Waals surface area contributed by atoms with E-state index in [-0.39, 0.29) is 0 Å². The van der Waals surface area contributed by atoms with Crippen molar-refractivity contribution >= 4 is 17.6 Å². The number of likely N-dealkylation sites (N-methyl/N-ethyl adjacent to an activating group) is 1. The Kier molecular flexibility index (Phi) is 5.61. The van der Waals surface area contributed by atoms with Crippen molar-refractivity contribution in [3.05, 3.63) is 6.07 Å². The molecule has 0 unspecified atom stereocenters. The standard InChI is InChI=1S/C13H22N6.C2H6/c1-15-10-4-5-19(8-10)12-6-11(14)17-13(18-12)16-7-9-2-3-9;1-2/h6,9-10,15H,2-5,7-8H2,1H3,(H3,14,16,17,18);1-2H3/t10-;/m1./s1. The largest absolute Gasteiger partial charge is 0.383 e. The average molecular weight is 292 g/mol. The highest BCUT2D eigenvalue weighted by Gasteiger charge is 2.24. The molecule has 1 aromatic rings. The average Bonchev–Trinajstić information content (AvgIpc) is 3.21. The second kappa shape index (κ2) is 7.45. The highest BCUT2D eigenvalue weighted by Crippen LogP contribution is 2.29. The van der Waals surface area contributed by atoms with E-state index in [1.54, 1.807) is 0 Å². The molecule has 1 saturated carbocycles. The highest BCUT2D eigenvalue weighted by molar-refractivity contribution is 5.52. The summed E-state index contributed by atoms with van der Waals surface area (Å²) in [7, 11) is 2.01. The molecular formula is C15H28N6. The number of nitrogens with two attached hydrogens (primary N) is 1. The van der Waals surface area contributed by atoms with Crippen molar-refractivity contribution in [2.75, 3.05) is 42.6 Å². The van der Waals surface area contributed by atoms with Crippen LogP contribution in [0.5, 0.6) is 0 Å². The maximum absolute atomic E-state index is 5.88. The third-order valence-corrected chi connectivity index (χ3v) is 3.90. The summed E-state index contributed by atoms with van der Waals surface area (Å²) in [6, 6.07) is 2.40. The van der Waals surface area contributed by atoms with Crippen molar-refractivity contribution in [2.45, 2.75) is 39.2 Å². The van der Waals surface area contributed by atoms with E-state index >= 15 is 0 Å². The number of hydrogen-bond donors (Lipinski definition) is 3. The van der Waals surface area contributed by atoms with Gasteiger partial charge in [-0.25, -0.2) is 0 Å². The van der Waals surface area contributed by atoms with E-state index in [0.29, 0.717) is 17.8 Å². The summed E-state index contributed by atoms with van der Waals surface area (Å²) in [6.07, 6.45) is 3.78. The molecule has 0 amide bonds. The van der Waals surface area contributed by atoms with Crippen LogP contribution in [0.15, 0.2) is 6.07 Å². The summed E-state index contributed by atoms with van der Waals surface area (Å²) in [6.45, 7) is 6.96. The number of rotatable bonds is 5. The molecule has 2 heterocycles. The summed E-state index contributed by atoms with van der Waals surface area (Å²) in [4.78, 5) is 11.1. The Bertz CT molecular complexity index is 446. The molecule has 0 radical (unpaired) electrons. The minimum absolute atomic E-state index is 0.538. The summed E-state index contributed by atoms with van der Waals surface area (Å²) < 4.78 is 0. The molecule has 21 heavy (non-hydrogen) atoms. The van der Waals surface area contributed by atoms with Crippen molar-refractivity contribution in [2.24, 2.45) is 5.92 Å². The molecule has 1 aliphatic heterocycles. The fraction of sp³-hybridized carbons (Fsp3) is 0.733. The van der Waals surface area contributed by atoms with E-state index < -0.39 is 0 Å². The molecule has 2 fully saturated rings. The summed E-state index contributed by atoms with van der Waals surface area (Å²) in [5.41, 5.74) is 5.88. The topological polar surface area (TPSA) is 79.1 Å². The molecule has 6 heteroatoms. The number of nitrogens with one attached hydrogen (secondary N) is 2. The zero-order valence-electron chi connectivity index (χ0n) is 13.4. The number of anilines is 3. The molecule has 1 aromatic heterocycles. The maximum atomic E-state index is 5.88. The van der Waals surface area contributed by atoms with Crippen LogP contribution in [-0.4, -0.2) is 42.7 Å². The lowest BCUT2D eigenvalue weighted by atomic mass is 10.3. The van der Waals surface area contributed by atoms with Gasteiger partial charge in [-0.2, -0.15) is 9.97 Å². The lowest BCUT2D eigenvalue weighted by Crippen LogP contribution is -2.30. The Morgan fingerprint density at radius 2 is 2.05 bits per heavy atom. The molecular weight excluding hydrogens is 264 g/mol. The quantitative estimate of drug-likeness (QED) is 0.766. The molecule has 2 aliphatic rings. The van der Waals surface area contributed by atoms with Crippen LogP contribution in [0.2, 0.25) is 0 Å². The molecule has 4 N–H and O–H groups in total. The van der Waals surface area contributed by atoms with Gasteiger partial charge < -0.3 is 21.3 Å². The van der Waals surface area contributed by atoms with Crippen LogP contribution in [0.25, 0.3) is 0 Å². The van der Waals surface area contributed by atoms with Gasteiger partial charge in [0.25, 0.3) is 0 Å². The van der Waals surface area contributed by atoms with Gasteiger partial charge in [-0.3, -0.25) is 0 Å². The highest BCUT2D eigenvalue weighted by atomic mass is 15.3. The third kappa shape index (κ3) is 4.46. The number of nitrogens with zero attached hydrogens (tertiary/aromatic N) is 3. The van der Waals surface area contributed by atoms with E-state index in [1.807, 2.05) is 27.0 Å². The molecule has 0 bridgehead atoms. The minimum atomic E-state index is 0.538. The summed E-state index contributed by atoms with van der Waals surface area (Å²) >= 11 is 0. The van der Waals surface area contributed by atoms with Gasteiger partial charge in [0.1, 0.15) is 11.6 Å². The Morgan fingerprint density at radius 3 is 2.67 bits per heavy atom. The van der Waals surface area contributed by atoms with Crippen LogP contribution in [0.3, 0.4) is 0 Å². The Morgan fingerprint density at radius 1 is 1.29 bits per heavy atom. The number of nitrogen functional groups attached to an aromatic ring is 1. The van der Waals surface area contributed by atoms with Gasteiger partial charge in [0.15, 0.2) is 0 Å². The van der Waals surface area contributed by atoms with E-state index in [9.17, 15) is 0 Å². The van der Waals surface area contributed by atoms with Gasteiger partial charge in [-0.1, -0.05) is 13.8 Å². The number of aromatic nitrogens is 2. The van der Waals surface area contributed by atoms with Gasteiger partial charge >= 0.3 is 0 Å². The summed E-state index contributed by atoms with van der Waals surface area (Å²) in [5.74, 6) is 2.93. The van der Waals surface area contributed by atoms with Crippen molar-refractivity contribution < 1.29 is 0 Å². The van der Waals surface area contributed by atoms with E-state index in [1.165, 1.54) is 12.8 Å². The second-order valence-electron chi connectivity index (χ2n) is 5.52. The van der Waals surface area contributed by atoms with Crippen LogP contribution in [0.1, 0.15) is 33.1 Å². The van der Waals surface area contributed by atoms with E-state index in [4.69, 9.17) is 5.73 Å². The lowest BCUT2D eigenvalue weighted by Gasteiger charge is -2.18. The molecule has 0 spiro atoms. The molecule has 1 saturated heterocycles. The van der Waals surface area contributed by atoms with Crippen molar-refractivity contribution in [3.63, 3.8) is 0 Å². The molecule has 0 aromatic carbocycles. The first-order chi connectivity index (χ1) is 10.2. The normalized spacial score (nSPS) is 20.9. The fourth-order valence-corrected chi connectivity index (χ4v) is 2.46. The van der Waals surface area contributed by atoms with Crippen molar-refractivity contribution in [3.8, 4) is 0 Å². The lowest BCUT2D eigenvalue weighted by molar-refractivity contribution is 0.616. The molecule has 3 rings (SSSR count). The van der Waals surface area contributed by atoms with Gasteiger partial charge in [0.05, 0.1) is 0 Å². The van der Waals surface area contributed by atoms with Crippen LogP contribution in [-0.2, 0) is 0 Å². The molecule has 1 atom stereocenters. The van der Waals surface area contributed by atoms with Crippen molar-refractivity contribution in [1.29, 1.82) is 0 Å². The Hall–Kier alpha value is -1.56. The van der Waals surface area contributed by atoms with Gasteiger partial charge in [-0.15, -0.1) is 0 Å². The fourth-order valence-electron chi connectivity index (χ4n) is 2.46. The molecule has 1 aliphatic carbocycles. The monoisotopic (exact) mass is 292 g/mol. The van der Waals surface area contributed by atoms with Crippen molar-refractivity contribution in [1.82, 2.24) is 15.3 Å². The predicted octanol–water partition coefficient (Wildman–Crippen LogP) is 1.70.